The third-order valence-corrected chi connectivity index (χ3v) is 5.52. The number of pyridine rings is 1. The SMILES string of the molecule is Cc1ncc(CNC(=O)c2ccc(CN(C=O)c3ccc(Cl)c(Cl)c3)cn2)s1. The highest BCUT2D eigenvalue weighted by atomic mass is 35.5. The number of benzene rings is 1. The number of amides is 2. The average molecular weight is 435 g/mol. The van der Waals surface area contributed by atoms with Crippen LogP contribution in [0.4, 0.5) is 5.69 Å². The van der Waals surface area contributed by atoms with Gasteiger partial charge in [-0.25, -0.2) is 4.98 Å². The van der Waals surface area contributed by atoms with Crippen LogP contribution in [-0.4, -0.2) is 22.3 Å². The lowest BCUT2D eigenvalue weighted by Gasteiger charge is -2.18. The van der Waals surface area contributed by atoms with Gasteiger partial charge in [0.2, 0.25) is 6.41 Å². The van der Waals surface area contributed by atoms with Crippen molar-refractivity contribution in [2.45, 2.75) is 20.0 Å². The van der Waals surface area contributed by atoms with E-state index in [0.717, 1.165) is 15.4 Å². The Balaban J connectivity index is 1.63. The highest BCUT2D eigenvalue weighted by molar-refractivity contribution is 7.11. The van der Waals surface area contributed by atoms with Crippen molar-refractivity contribution < 1.29 is 9.59 Å². The molecule has 0 saturated carbocycles. The number of nitrogens with one attached hydrogen (secondary N) is 1. The fourth-order valence-corrected chi connectivity index (χ4v) is 3.47. The number of hydrogen-bond donors (Lipinski definition) is 1. The Morgan fingerprint density at radius 3 is 2.61 bits per heavy atom. The molecule has 6 nitrogen and oxygen atoms in total. The summed E-state index contributed by atoms with van der Waals surface area (Å²) in [6, 6.07) is 8.34. The molecular weight excluding hydrogens is 419 g/mol. The van der Waals surface area contributed by atoms with E-state index in [9.17, 15) is 9.59 Å². The first-order valence-corrected chi connectivity index (χ1v) is 9.85. The lowest BCUT2D eigenvalue weighted by Crippen LogP contribution is -2.24. The van der Waals surface area contributed by atoms with Crippen LogP contribution in [0.5, 0.6) is 0 Å². The molecule has 3 aromatic rings. The summed E-state index contributed by atoms with van der Waals surface area (Å²) in [7, 11) is 0. The summed E-state index contributed by atoms with van der Waals surface area (Å²) in [4.78, 5) is 34.5. The smallest absolute Gasteiger partial charge is 0.270 e. The predicted octanol–water partition coefficient (Wildman–Crippen LogP) is 4.25. The summed E-state index contributed by atoms with van der Waals surface area (Å²) in [5.74, 6) is -0.269. The molecule has 0 saturated heterocycles. The summed E-state index contributed by atoms with van der Waals surface area (Å²) in [6.45, 7) is 2.61. The molecule has 0 spiro atoms. The molecule has 2 amide bonds. The van der Waals surface area contributed by atoms with Gasteiger partial charge in [0.15, 0.2) is 0 Å². The Bertz CT molecular complexity index is 992. The van der Waals surface area contributed by atoms with Crippen molar-refractivity contribution in [2.75, 3.05) is 4.90 Å². The molecule has 0 aliphatic heterocycles. The minimum atomic E-state index is -0.269. The van der Waals surface area contributed by atoms with Gasteiger partial charge in [-0.2, -0.15) is 0 Å². The Kier molecular flexibility index (Phi) is 6.61. The number of aromatic nitrogens is 2. The molecule has 0 atom stereocenters. The van der Waals surface area contributed by atoms with Crippen molar-refractivity contribution in [3.8, 4) is 0 Å². The van der Waals surface area contributed by atoms with Crippen LogP contribution in [0.3, 0.4) is 0 Å². The maximum atomic E-state index is 12.2. The second-order valence-corrected chi connectivity index (χ2v) is 8.05. The number of carbonyl (C=O) groups is 2. The third-order valence-electron chi connectivity index (χ3n) is 3.86. The second kappa shape index (κ2) is 9.14. The van der Waals surface area contributed by atoms with Gasteiger partial charge < -0.3 is 10.2 Å². The second-order valence-electron chi connectivity index (χ2n) is 5.91. The molecule has 0 aliphatic carbocycles. The van der Waals surface area contributed by atoms with Crippen molar-refractivity contribution >= 4 is 52.5 Å². The van der Waals surface area contributed by atoms with E-state index in [1.54, 1.807) is 42.7 Å². The number of anilines is 1. The van der Waals surface area contributed by atoms with Gasteiger partial charge in [0, 0.05) is 23.0 Å². The number of thiazole rings is 1. The van der Waals surface area contributed by atoms with Gasteiger partial charge in [0.05, 0.1) is 28.1 Å². The number of nitrogens with zero attached hydrogens (tertiary/aromatic N) is 3. The van der Waals surface area contributed by atoms with Crippen LogP contribution in [0, 0.1) is 6.92 Å². The molecule has 1 N–H and O–H groups in total. The standard InChI is InChI=1S/C19H16Cl2N4O2S/c1-12-22-8-15(28-12)9-24-19(27)18-5-2-13(7-23-18)10-25(11-26)14-3-4-16(20)17(21)6-14/h2-8,11H,9-10H2,1H3,(H,24,27). The van der Waals surface area contributed by atoms with E-state index in [1.165, 1.54) is 16.2 Å². The summed E-state index contributed by atoms with van der Waals surface area (Å²) in [5.41, 5.74) is 1.69. The maximum Gasteiger partial charge on any atom is 0.270 e. The lowest BCUT2D eigenvalue weighted by molar-refractivity contribution is -0.107. The van der Waals surface area contributed by atoms with Gasteiger partial charge in [-0.05, 0) is 36.8 Å². The largest absolute Gasteiger partial charge is 0.346 e. The normalized spacial score (nSPS) is 10.5. The molecule has 0 aliphatic rings. The summed E-state index contributed by atoms with van der Waals surface area (Å²) in [6.07, 6.45) is 4.02. The molecule has 2 aromatic heterocycles. The van der Waals surface area contributed by atoms with Crippen LogP contribution in [0.2, 0.25) is 10.0 Å². The number of rotatable bonds is 7. The quantitative estimate of drug-likeness (QED) is 0.564. The van der Waals surface area contributed by atoms with Gasteiger partial charge in [-0.1, -0.05) is 29.3 Å². The minimum Gasteiger partial charge on any atom is -0.346 e. The minimum absolute atomic E-state index is 0.269. The zero-order chi connectivity index (χ0) is 20.1. The Labute approximate surface area is 176 Å². The van der Waals surface area contributed by atoms with E-state index in [-0.39, 0.29) is 12.5 Å². The molecule has 0 unspecified atom stereocenters. The monoisotopic (exact) mass is 434 g/mol. The van der Waals surface area contributed by atoms with Crippen molar-refractivity contribution in [1.29, 1.82) is 0 Å². The number of hydrogen-bond acceptors (Lipinski definition) is 5. The highest BCUT2D eigenvalue weighted by Gasteiger charge is 2.11. The molecule has 0 bridgehead atoms. The molecule has 9 heteroatoms. The van der Waals surface area contributed by atoms with E-state index >= 15 is 0 Å². The number of aryl methyl sites for hydroxylation is 1. The van der Waals surface area contributed by atoms with Crippen molar-refractivity contribution in [3.63, 3.8) is 0 Å². The zero-order valence-electron chi connectivity index (χ0n) is 14.9. The van der Waals surface area contributed by atoms with Gasteiger partial charge in [-0.15, -0.1) is 11.3 Å². The van der Waals surface area contributed by atoms with Crippen LogP contribution in [0.15, 0.2) is 42.7 Å². The van der Waals surface area contributed by atoms with Gasteiger partial charge in [-0.3, -0.25) is 14.6 Å². The molecular formula is C19H16Cl2N4O2S. The van der Waals surface area contributed by atoms with Crippen LogP contribution < -0.4 is 10.2 Å². The third kappa shape index (κ3) is 5.07. The molecule has 1 aromatic carbocycles. The maximum absolute atomic E-state index is 12.2. The Morgan fingerprint density at radius 2 is 2.00 bits per heavy atom. The van der Waals surface area contributed by atoms with Gasteiger partial charge in [0.25, 0.3) is 5.91 Å². The van der Waals surface area contributed by atoms with E-state index < -0.39 is 0 Å². The molecule has 28 heavy (non-hydrogen) atoms. The van der Waals surface area contributed by atoms with E-state index in [2.05, 4.69) is 15.3 Å². The summed E-state index contributed by atoms with van der Waals surface area (Å²) >= 11 is 13.5. The summed E-state index contributed by atoms with van der Waals surface area (Å²) < 4.78 is 0. The molecule has 0 radical (unpaired) electrons. The van der Waals surface area contributed by atoms with Crippen molar-refractivity contribution in [3.05, 3.63) is 73.9 Å². The number of carbonyl (C=O) groups excluding carboxylic acids is 2. The predicted molar refractivity (Wildman–Crippen MR) is 111 cm³/mol. The fourth-order valence-electron chi connectivity index (χ4n) is 2.45. The summed E-state index contributed by atoms with van der Waals surface area (Å²) in [5, 5.41) is 4.55. The first kappa shape index (κ1) is 20.3. The zero-order valence-corrected chi connectivity index (χ0v) is 17.2. The van der Waals surface area contributed by atoms with E-state index in [0.29, 0.717) is 34.4 Å². The molecule has 2 heterocycles. The van der Waals surface area contributed by atoms with E-state index in [1.807, 2.05) is 6.92 Å². The van der Waals surface area contributed by atoms with Crippen molar-refractivity contribution in [1.82, 2.24) is 15.3 Å². The number of halogens is 2. The molecule has 3 rings (SSSR count). The molecule has 0 fully saturated rings. The Hall–Kier alpha value is -2.48. The topological polar surface area (TPSA) is 75.2 Å². The van der Waals surface area contributed by atoms with Crippen LogP contribution in [-0.2, 0) is 17.9 Å². The van der Waals surface area contributed by atoms with Crippen LogP contribution in [0.1, 0.15) is 25.9 Å². The average Bonchev–Trinajstić information content (AvgIpc) is 3.12. The fraction of sp³-hybridized carbons (Fsp3) is 0.158. The molecule has 144 valence electrons. The van der Waals surface area contributed by atoms with Crippen LogP contribution >= 0.6 is 34.5 Å². The lowest BCUT2D eigenvalue weighted by atomic mass is 10.2. The Morgan fingerprint density at radius 1 is 1.18 bits per heavy atom. The first-order chi connectivity index (χ1) is 13.5. The van der Waals surface area contributed by atoms with Crippen molar-refractivity contribution in [2.24, 2.45) is 0 Å². The van der Waals surface area contributed by atoms with Crippen LogP contribution in [0.25, 0.3) is 0 Å². The van der Waals surface area contributed by atoms with Gasteiger partial charge in [0.1, 0.15) is 5.69 Å². The van der Waals surface area contributed by atoms with E-state index in [4.69, 9.17) is 23.2 Å². The highest BCUT2D eigenvalue weighted by Crippen LogP contribution is 2.27. The first-order valence-electron chi connectivity index (χ1n) is 8.27. The van der Waals surface area contributed by atoms with Gasteiger partial charge >= 0.3 is 0 Å².